The molecule has 1 amide bonds. The van der Waals surface area contributed by atoms with Crippen molar-refractivity contribution in [2.75, 3.05) is 11.5 Å². The lowest BCUT2D eigenvalue weighted by Gasteiger charge is -2.45. The summed E-state index contributed by atoms with van der Waals surface area (Å²) in [4.78, 5) is 17.0. The van der Waals surface area contributed by atoms with Gasteiger partial charge in [0.1, 0.15) is 5.54 Å². The number of hydrogen-bond acceptors (Lipinski definition) is 8. The summed E-state index contributed by atoms with van der Waals surface area (Å²) in [6.07, 6.45) is 3.31. The van der Waals surface area contributed by atoms with Crippen LogP contribution in [0.4, 0.5) is 0 Å². The van der Waals surface area contributed by atoms with Crippen LogP contribution in [0.2, 0.25) is 0 Å². The second-order valence-electron chi connectivity index (χ2n) is 7.99. The molecule has 2 fully saturated rings. The van der Waals surface area contributed by atoms with Crippen LogP contribution in [-0.4, -0.2) is 36.7 Å². The predicted octanol–water partition coefficient (Wildman–Crippen LogP) is 2.21. The van der Waals surface area contributed by atoms with Gasteiger partial charge >= 0.3 is 0 Å². The highest BCUT2D eigenvalue weighted by Crippen LogP contribution is 2.56. The van der Waals surface area contributed by atoms with Gasteiger partial charge in [-0.25, -0.2) is 0 Å². The molecule has 10 heteroatoms. The first-order chi connectivity index (χ1) is 13.9. The van der Waals surface area contributed by atoms with E-state index >= 15 is 0 Å². The van der Waals surface area contributed by atoms with E-state index in [1.807, 2.05) is 30.3 Å². The van der Waals surface area contributed by atoms with Gasteiger partial charge < -0.3 is 15.0 Å². The van der Waals surface area contributed by atoms with Gasteiger partial charge in [0.2, 0.25) is 17.5 Å². The molecule has 1 aromatic heterocycles. The Kier molecular flexibility index (Phi) is 4.21. The smallest absolute Gasteiger partial charge is 0.286 e. The fourth-order valence-electron chi connectivity index (χ4n) is 4.33. The fraction of sp³-hybridized carbons (Fsp3) is 0.421. The monoisotopic (exact) mass is 418 g/mol. The van der Waals surface area contributed by atoms with E-state index < -0.39 is 22.0 Å². The molecule has 154 valence electrons. The molecule has 5 rings (SSSR count). The third-order valence-corrected chi connectivity index (χ3v) is 7.93. The fourth-order valence-corrected chi connectivity index (χ4v) is 5.80. The number of nitrogens with two attached hydrogens (primary N) is 1. The molecule has 9 nitrogen and oxygen atoms in total. The van der Waals surface area contributed by atoms with E-state index in [0.29, 0.717) is 23.3 Å². The van der Waals surface area contributed by atoms with Gasteiger partial charge in [-0.15, -0.1) is 15.7 Å². The predicted molar refractivity (Wildman–Crippen MR) is 105 cm³/mol. The molecule has 0 bridgehead atoms. The number of nitrogens with zero attached hydrogens (tertiary/aromatic N) is 2. The number of primary amides is 1. The van der Waals surface area contributed by atoms with Crippen LogP contribution in [0.1, 0.15) is 42.0 Å². The first-order valence-corrected chi connectivity index (χ1v) is 11.3. The maximum atomic E-state index is 11.6. The molecule has 1 aliphatic carbocycles. The van der Waals surface area contributed by atoms with Gasteiger partial charge in [0, 0.05) is 5.92 Å². The number of amides is 1. The Morgan fingerprint density at radius 3 is 2.38 bits per heavy atom. The van der Waals surface area contributed by atoms with Crippen LogP contribution in [0.3, 0.4) is 0 Å². The summed E-state index contributed by atoms with van der Waals surface area (Å²) in [5.74, 6) is 1.32. The minimum absolute atomic E-state index is 0.0706. The van der Waals surface area contributed by atoms with Gasteiger partial charge in [-0.3, -0.25) is 13.9 Å². The van der Waals surface area contributed by atoms with Crippen LogP contribution in [0.25, 0.3) is 0 Å². The number of hydroxylamine groups is 1. The lowest BCUT2D eigenvalue weighted by molar-refractivity contribution is -0.119. The van der Waals surface area contributed by atoms with Gasteiger partial charge in [0.25, 0.3) is 5.91 Å². The number of carbonyl (C=O) groups excluding carboxylic acids is 1. The van der Waals surface area contributed by atoms with E-state index in [-0.39, 0.29) is 23.5 Å². The van der Waals surface area contributed by atoms with Gasteiger partial charge in [0.05, 0.1) is 17.4 Å². The molecule has 3 aliphatic rings. The Hall–Kier alpha value is -2.40. The summed E-state index contributed by atoms with van der Waals surface area (Å²) in [5.41, 5.74) is 8.78. The van der Waals surface area contributed by atoms with Crippen molar-refractivity contribution in [2.24, 2.45) is 11.7 Å². The van der Waals surface area contributed by atoms with Crippen molar-refractivity contribution in [1.82, 2.24) is 15.7 Å². The quantitative estimate of drug-likeness (QED) is 0.578. The maximum Gasteiger partial charge on any atom is 0.286 e. The topological polar surface area (TPSA) is 144 Å². The molecule has 1 atom stereocenters. The lowest BCUT2D eigenvalue weighted by Crippen LogP contribution is -2.48. The highest BCUT2D eigenvalue weighted by Gasteiger charge is 2.51. The summed E-state index contributed by atoms with van der Waals surface area (Å²) >= 11 is 0. The maximum absolute atomic E-state index is 11.6. The minimum atomic E-state index is -2.45. The van der Waals surface area contributed by atoms with Gasteiger partial charge in [-0.2, -0.15) is 10.6 Å². The molecule has 0 radical (unpaired) electrons. The first kappa shape index (κ1) is 18.6. The Bertz CT molecular complexity index is 964. The molecule has 2 aromatic rings. The van der Waals surface area contributed by atoms with Crippen LogP contribution in [0, 0.1) is 5.92 Å². The number of benzene rings is 1. The molecule has 1 saturated carbocycles. The van der Waals surface area contributed by atoms with Crippen LogP contribution < -0.4 is 11.2 Å². The number of hydrogen-bond donors (Lipinski definition) is 4. The normalized spacial score (nSPS) is 31.9. The van der Waals surface area contributed by atoms with E-state index in [1.165, 1.54) is 0 Å². The van der Waals surface area contributed by atoms with Crippen molar-refractivity contribution in [1.29, 1.82) is 0 Å². The third kappa shape index (κ3) is 3.12. The summed E-state index contributed by atoms with van der Waals surface area (Å²) in [7, 11) is -2.45. The highest BCUT2D eigenvalue weighted by atomic mass is 32.3. The van der Waals surface area contributed by atoms with E-state index in [1.54, 1.807) is 6.08 Å². The van der Waals surface area contributed by atoms with Gasteiger partial charge in [0.15, 0.2) is 0 Å². The van der Waals surface area contributed by atoms with Crippen LogP contribution in [-0.2, 0) is 15.2 Å². The average molecular weight is 418 g/mol. The average Bonchev–Trinajstić information content (AvgIpc) is 3.28. The van der Waals surface area contributed by atoms with Gasteiger partial charge in [-0.05, 0) is 30.4 Å². The minimum Gasteiger partial charge on any atom is -0.425 e. The second-order valence-corrected chi connectivity index (χ2v) is 10.3. The molecule has 1 saturated heterocycles. The number of carbonyl (C=O) groups is 1. The molecular weight excluding hydrogens is 396 g/mol. The van der Waals surface area contributed by atoms with E-state index in [4.69, 9.17) is 15.0 Å². The molecule has 0 unspecified atom stereocenters. The zero-order valence-corrected chi connectivity index (χ0v) is 16.3. The van der Waals surface area contributed by atoms with Crippen LogP contribution in [0.5, 0.6) is 0 Å². The lowest BCUT2D eigenvalue weighted by atomic mass is 9.62. The molecule has 3 heterocycles. The summed E-state index contributed by atoms with van der Waals surface area (Å²) in [6.45, 7) is 0. The second kappa shape index (κ2) is 6.56. The number of aromatic nitrogens is 2. The third-order valence-electron chi connectivity index (χ3n) is 6.06. The zero-order valence-electron chi connectivity index (χ0n) is 15.5. The van der Waals surface area contributed by atoms with Crippen molar-refractivity contribution >= 4 is 16.5 Å². The summed E-state index contributed by atoms with van der Waals surface area (Å²) in [6, 6.07) is 9.80. The van der Waals surface area contributed by atoms with Crippen molar-refractivity contribution in [3.8, 4) is 0 Å². The Morgan fingerprint density at radius 1 is 1.14 bits per heavy atom. The SMILES string of the molecule is NC(=O)C1=C[C@](c2ccccc2)(C2CC(c3nnc(C4CS(O)(O)C4)o3)C2)NO1. The first-order valence-electron chi connectivity index (χ1n) is 9.45. The van der Waals surface area contributed by atoms with Crippen molar-refractivity contribution < 1.29 is 23.2 Å². The molecule has 2 aliphatic heterocycles. The van der Waals surface area contributed by atoms with E-state index in [2.05, 4.69) is 15.7 Å². The van der Waals surface area contributed by atoms with Gasteiger partial charge in [-0.1, -0.05) is 30.3 Å². The molecule has 29 heavy (non-hydrogen) atoms. The van der Waals surface area contributed by atoms with Crippen LogP contribution >= 0.6 is 10.6 Å². The van der Waals surface area contributed by atoms with Crippen molar-refractivity contribution in [3.05, 3.63) is 59.5 Å². The highest BCUT2D eigenvalue weighted by molar-refractivity contribution is 8.25. The van der Waals surface area contributed by atoms with E-state index in [0.717, 1.165) is 18.4 Å². The Balaban J connectivity index is 1.33. The molecular formula is C19H22N4O5S. The standard InChI is InChI=1S/C19H22N4O5S/c20-16(24)15-8-19(23-28-15,13-4-2-1-3-5-13)14-6-11(7-14)17-21-22-18(27-17)12-9-29(25,26)10-12/h1-5,8,11-12,14,23,25-26H,6-7,9-10H2,(H2,20,24)/t11?,14?,19-/m0/s1. The van der Waals surface area contributed by atoms with Crippen molar-refractivity contribution in [2.45, 2.75) is 30.2 Å². The van der Waals surface area contributed by atoms with E-state index in [9.17, 15) is 13.9 Å². The summed E-state index contributed by atoms with van der Waals surface area (Å²) in [5, 5.41) is 8.28. The number of nitrogens with one attached hydrogen (secondary N) is 1. The van der Waals surface area contributed by atoms with Crippen molar-refractivity contribution in [3.63, 3.8) is 0 Å². The zero-order chi connectivity index (χ0) is 20.2. The molecule has 0 spiro atoms. The number of rotatable bonds is 5. The largest absolute Gasteiger partial charge is 0.425 e. The summed E-state index contributed by atoms with van der Waals surface area (Å²) < 4.78 is 24.9. The molecule has 5 N–H and O–H groups in total. The Morgan fingerprint density at radius 2 is 1.79 bits per heavy atom. The Labute approximate surface area is 168 Å². The van der Waals surface area contributed by atoms with Crippen LogP contribution in [0.15, 0.2) is 46.6 Å². The molecule has 1 aromatic carbocycles.